The summed E-state index contributed by atoms with van der Waals surface area (Å²) in [5.41, 5.74) is 0.916. The lowest BCUT2D eigenvalue weighted by Gasteiger charge is -2.07. The zero-order valence-electron chi connectivity index (χ0n) is 10.5. The second-order valence-electron chi connectivity index (χ2n) is 4.33. The number of rotatable bonds is 2. The first kappa shape index (κ1) is 13.4. The van der Waals surface area contributed by atoms with E-state index >= 15 is 0 Å². The van der Waals surface area contributed by atoms with Crippen LogP contribution in [0, 0.1) is 0 Å². The van der Waals surface area contributed by atoms with Crippen molar-refractivity contribution in [2.45, 2.75) is 0 Å². The van der Waals surface area contributed by atoms with E-state index < -0.39 is 5.91 Å². The van der Waals surface area contributed by atoms with Gasteiger partial charge in [0.15, 0.2) is 5.43 Å². The number of aromatic amines is 3. The number of benzene rings is 1. The van der Waals surface area contributed by atoms with E-state index in [4.69, 9.17) is 0 Å². The molecule has 0 unspecified atom stereocenters. The number of fused-ring (bicyclic) bond motifs is 1. The summed E-state index contributed by atoms with van der Waals surface area (Å²) in [6.07, 6.45) is 2.79. The summed E-state index contributed by atoms with van der Waals surface area (Å²) in [6, 6.07) is 4.54. The Kier molecular flexibility index (Phi) is 3.22. The fourth-order valence-corrected chi connectivity index (χ4v) is 2.38. The Labute approximate surface area is 125 Å². The fraction of sp³-hybridized carbons (Fsp3) is 0. The molecule has 8 heteroatoms. The molecule has 7 nitrogen and oxygen atoms in total. The summed E-state index contributed by atoms with van der Waals surface area (Å²) in [4.78, 5) is 42.8. The van der Waals surface area contributed by atoms with E-state index in [1.54, 1.807) is 12.1 Å². The lowest BCUT2D eigenvalue weighted by Crippen LogP contribution is -2.21. The van der Waals surface area contributed by atoms with Gasteiger partial charge in [-0.3, -0.25) is 9.59 Å². The molecule has 0 saturated heterocycles. The number of nitrogens with one attached hydrogen (secondary N) is 4. The van der Waals surface area contributed by atoms with Crippen LogP contribution in [-0.4, -0.2) is 20.9 Å². The molecule has 0 bridgehead atoms. The second kappa shape index (κ2) is 5.06. The molecule has 4 N–H and O–H groups in total. The summed E-state index contributed by atoms with van der Waals surface area (Å²) in [5.74, 6) is -0.533. The Morgan fingerprint density at radius 3 is 2.57 bits per heavy atom. The van der Waals surface area contributed by atoms with Crippen molar-refractivity contribution in [1.82, 2.24) is 15.0 Å². The molecular weight excluding hydrogens is 340 g/mol. The Hall–Kier alpha value is -2.61. The number of hydrogen-bond acceptors (Lipinski definition) is 3. The smallest absolute Gasteiger partial charge is 0.323 e. The Morgan fingerprint density at radius 1 is 1.14 bits per heavy atom. The van der Waals surface area contributed by atoms with Gasteiger partial charge >= 0.3 is 5.69 Å². The van der Waals surface area contributed by atoms with Crippen LogP contribution in [0.15, 0.2) is 44.7 Å². The zero-order chi connectivity index (χ0) is 15.0. The summed E-state index contributed by atoms with van der Waals surface area (Å²) >= 11 is 3.31. The number of imidazole rings is 1. The summed E-state index contributed by atoms with van der Waals surface area (Å²) in [7, 11) is 0. The highest BCUT2D eigenvalue weighted by molar-refractivity contribution is 9.10. The fourth-order valence-electron chi connectivity index (χ4n) is 1.94. The first-order chi connectivity index (χ1) is 10.0. The van der Waals surface area contributed by atoms with Crippen LogP contribution in [0.2, 0.25) is 0 Å². The maximum Gasteiger partial charge on any atom is 0.323 e. The van der Waals surface area contributed by atoms with Gasteiger partial charge in [-0.2, -0.15) is 0 Å². The minimum absolute atomic E-state index is 0.00654. The van der Waals surface area contributed by atoms with Crippen molar-refractivity contribution in [2.24, 2.45) is 0 Å². The maximum absolute atomic E-state index is 12.1. The average Bonchev–Trinajstić information content (AvgIpc) is 2.78. The van der Waals surface area contributed by atoms with Crippen molar-refractivity contribution in [3.8, 4) is 0 Å². The van der Waals surface area contributed by atoms with E-state index in [-0.39, 0.29) is 16.7 Å². The number of carbonyl (C=O) groups excluding carboxylic acids is 1. The third-order valence-corrected chi connectivity index (χ3v) is 3.58. The van der Waals surface area contributed by atoms with Gasteiger partial charge in [-0.05, 0) is 28.1 Å². The molecule has 3 rings (SSSR count). The molecule has 3 aromatic rings. The van der Waals surface area contributed by atoms with E-state index in [0.29, 0.717) is 21.2 Å². The molecule has 0 spiro atoms. The zero-order valence-corrected chi connectivity index (χ0v) is 12.1. The molecule has 0 aliphatic carbocycles. The van der Waals surface area contributed by atoms with Gasteiger partial charge in [0.1, 0.15) is 5.56 Å². The molecule has 0 fully saturated rings. The average molecular weight is 349 g/mol. The SMILES string of the molecule is O=C(Nc1cc2[nH]c(=O)[nH]c2cc1Br)c1c[nH]ccc1=O. The molecule has 0 aliphatic heterocycles. The van der Waals surface area contributed by atoms with E-state index in [0.717, 1.165) is 0 Å². The van der Waals surface area contributed by atoms with Gasteiger partial charge in [0.2, 0.25) is 0 Å². The number of hydrogen-bond donors (Lipinski definition) is 4. The number of H-pyrrole nitrogens is 3. The molecule has 0 radical (unpaired) electrons. The number of anilines is 1. The van der Waals surface area contributed by atoms with Crippen LogP contribution >= 0.6 is 15.9 Å². The minimum Gasteiger partial charge on any atom is -0.367 e. The first-order valence-corrected chi connectivity index (χ1v) is 6.74. The van der Waals surface area contributed by atoms with Crippen molar-refractivity contribution in [3.63, 3.8) is 0 Å². The highest BCUT2D eigenvalue weighted by atomic mass is 79.9. The van der Waals surface area contributed by atoms with Gasteiger partial charge in [-0.25, -0.2) is 4.79 Å². The largest absolute Gasteiger partial charge is 0.367 e. The summed E-state index contributed by atoms with van der Waals surface area (Å²) < 4.78 is 0.589. The molecule has 2 aromatic heterocycles. The summed E-state index contributed by atoms with van der Waals surface area (Å²) in [5, 5.41) is 2.63. The number of carbonyl (C=O) groups is 1. The van der Waals surface area contributed by atoms with E-state index in [2.05, 4.69) is 36.2 Å². The second-order valence-corrected chi connectivity index (χ2v) is 5.19. The molecule has 0 saturated carbocycles. The standard InChI is InChI=1S/C13H9BrN4O3/c14-7-3-9-10(18-13(21)17-9)4-8(7)16-12(20)6-5-15-2-1-11(6)19/h1-5H,(H,15,19)(H,16,20)(H2,17,18,21). The van der Waals surface area contributed by atoms with Crippen molar-refractivity contribution in [3.05, 3.63) is 61.3 Å². The number of pyridine rings is 1. The lowest BCUT2D eigenvalue weighted by atomic mass is 10.2. The molecule has 0 atom stereocenters. The van der Waals surface area contributed by atoms with E-state index in [1.165, 1.54) is 18.5 Å². The van der Waals surface area contributed by atoms with Gasteiger partial charge in [0, 0.05) is 22.9 Å². The lowest BCUT2D eigenvalue weighted by molar-refractivity contribution is 0.102. The minimum atomic E-state index is -0.533. The molecule has 21 heavy (non-hydrogen) atoms. The third kappa shape index (κ3) is 2.52. The van der Waals surface area contributed by atoms with Crippen molar-refractivity contribution in [1.29, 1.82) is 0 Å². The van der Waals surface area contributed by atoms with E-state index in [1.807, 2.05) is 0 Å². The molecule has 2 heterocycles. The highest BCUT2D eigenvalue weighted by Gasteiger charge is 2.12. The number of amides is 1. The van der Waals surface area contributed by atoms with E-state index in [9.17, 15) is 14.4 Å². The van der Waals surface area contributed by atoms with Crippen molar-refractivity contribution < 1.29 is 4.79 Å². The van der Waals surface area contributed by atoms with Crippen LogP contribution in [0.3, 0.4) is 0 Å². The van der Waals surface area contributed by atoms with Crippen LogP contribution in [0.25, 0.3) is 11.0 Å². The predicted octanol–water partition coefficient (Wildman–Crippen LogP) is 1.56. The van der Waals surface area contributed by atoms with Crippen molar-refractivity contribution in [2.75, 3.05) is 5.32 Å². The van der Waals surface area contributed by atoms with Gasteiger partial charge in [0.25, 0.3) is 5.91 Å². The first-order valence-electron chi connectivity index (χ1n) is 5.94. The third-order valence-electron chi connectivity index (χ3n) is 2.92. The van der Waals surface area contributed by atoms with Gasteiger partial charge in [-0.1, -0.05) is 0 Å². The van der Waals surface area contributed by atoms with Gasteiger partial charge < -0.3 is 20.3 Å². The molecule has 106 valence electrons. The number of halogens is 1. The quantitative estimate of drug-likeness (QED) is 0.563. The monoisotopic (exact) mass is 348 g/mol. The van der Waals surface area contributed by atoms with Crippen LogP contribution in [0.5, 0.6) is 0 Å². The van der Waals surface area contributed by atoms with Gasteiger partial charge in [-0.15, -0.1) is 0 Å². The highest BCUT2D eigenvalue weighted by Crippen LogP contribution is 2.26. The molecular formula is C13H9BrN4O3. The van der Waals surface area contributed by atoms with Crippen LogP contribution in [0.4, 0.5) is 5.69 Å². The van der Waals surface area contributed by atoms with Crippen LogP contribution in [-0.2, 0) is 0 Å². The maximum atomic E-state index is 12.1. The Bertz CT molecular complexity index is 954. The Balaban J connectivity index is 2.00. The normalized spacial score (nSPS) is 10.7. The molecule has 1 amide bonds. The van der Waals surface area contributed by atoms with Crippen LogP contribution in [0.1, 0.15) is 10.4 Å². The molecule has 0 aliphatic rings. The number of aromatic nitrogens is 3. The van der Waals surface area contributed by atoms with Gasteiger partial charge in [0.05, 0.1) is 16.7 Å². The summed E-state index contributed by atoms with van der Waals surface area (Å²) in [6.45, 7) is 0. The topological polar surface area (TPSA) is 111 Å². The predicted molar refractivity (Wildman–Crippen MR) is 81.6 cm³/mol. The molecule has 1 aromatic carbocycles. The Morgan fingerprint density at radius 2 is 1.86 bits per heavy atom. The van der Waals surface area contributed by atoms with Crippen molar-refractivity contribution >= 4 is 38.6 Å². The van der Waals surface area contributed by atoms with Crippen LogP contribution < -0.4 is 16.4 Å².